The number of nitrogens with one attached hydrogen (secondary N) is 1. The number of allylic oxidation sites excluding steroid dienone is 2. The largest absolute Gasteiger partial charge is 0.493 e. The van der Waals surface area contributed by atoms with Gasteiger partial charge < -0.3 is 24.6 Å². The second-order valence-corrected chi connectivity index (χ2v) is 7.34. The molecule has 0 radical (unpaired) electrons. The van der Waals surface area contributed by atoms with Gasteiger partial charge in [-0.1, -0.05) is 30.3 Å². The molecule has 0 spiro atoms. The molecule has 4 rings (SSSR count). The number of fused-ring (bicyclic) bond motifs is 2. The number of benzene rings is 2. The highest BCUT2D eigenvalue weighted by Gasteiger charge is 2.43. The Balaban J connectivity index is 1.87. The highest BCUT2D eigenvalue weighted by Crippen LogP contribution is 2.47. The molecule has 0 saturated carbocycles. The van der Waals surface area contributed by atoms with Crippen LogP contribution < -0.4 is 14.8 Å². The number of carboxylic acid groups (broad SMARTS) is 1. The number of esters is 1. The quantitative estimate of drug-likeness (QED) is 0.667. The normalized spacial score (nSPS) is 16.8. The standard InChI is InChI=1S/C24H21NO7/c1-12-19(24(29)31-3)20(13-8-9-16(17(10-13)30-2)32-11-18(26)27)21-22(25-12)14-6-4-5-7-15(14)23(21)28/h4-10,20,25H,11H2,1-3H3,(H,26,27)/t20-/m0/s1. The lowest BCUT2D eigenvalue weighted by Gasteiger charge is -2.29. The number of hydrogen-bond donors (Lipinski definition) is 2. The van der Waals surface area contributed by atoms with E-state index < -0.39 is 24.5 Å². The lowest BCUT2D eigenvalue weighted by Crippen LogP contribution is -2.29. The molecular formula is C24H21NO7. The maximum atomic E-state index is 13.4. The van der Waals surface area contributed by atoms with Crippen LogP contribution in [0.3, 0.4) is 0 Å². The number of methoxy groups -OCH3 is 2. The number of hydrogen-bond acceptors (Lipinski definition) is 7. The molecule has 164 valence electrons. The average molecular weight is 435 g/mol. The first kappa shape index (κ1) is 21.2. The predicted molar refractivity (Wildman–Crippen MR) is 114 cm³/mol. The van der Waals surface area contributed by atoms with E-state index in [2.05, 4.69) is 5.32 Å². The van der Waals surface area contributed by atoms with E-state index in [4.69, 9.17) is 19.3 Å². The second-order valence-electron chi connectivity index (χ2n) is 7.34. The van der Waals surface area contributed by atoms with Crippen molar-refractivity contribution in [2.24, 2.45) is 0 Å². The van der Waals surface area contributed by atoms with Gasteiger partial charge in [-0.2, -0.15) is 0 Å². The van der Waals surface area contributed by atoms with Gasteiger partial charge in [0.05, 0.1) is 25.5 Å². The fraction of sp³-hybridized carbons (Fsp3) is 0.208. The number of rotatable bonds is 6. The van der Waals surface area contributed by atoms with Crippen molar-refractivity contribution in [3.05, 3.63) is 76.0 Å². The van der Waals surface area contributed by atoms with Crippen molar-refractivity contribution in [1.29, 1.82) is 0 Å². The van der Waals surface area contributed by atoms with Crippen molar-refractivity contribution in [3.63, 3.8) is 0 Å². The first-order valence-corrected chi connectivity index (χ1v) is 9.84. The first-order chi connectivity index (χ1) is 15.4. The molecule has 0 aromatic heterocycles. The third-order valence-corrected chi connectivity index (χ3v) is 5.53. The minimum atomic E-state index is -1.12. The van der Waals surface area contributed by atoms with E-state index in [0.29, 0.717) is 33.7 Å². The molecule has 0 unspecified atom stereocenters. The smallest absolute Gasteiger partial charge is 0.341 e. The lowest BCUT2D eigenvalue weighted by atomic mass is 9.79. The molecule has 2 aromatic rings. The highest BCUT2D eigenvalue weighted by atomic mass is 16.5. The molecule has 2 N–H and O–H groups in total. The van der Waals surface area contributed by atoms with Crippen molar-refractivity contribution in [2.45, 2.75) is 12.8 Å². The summed E-state index contributed by atoms with van der Waals surface area (Å²) < 4.78 is 15.7. The van der Waals surface area contributed by atoms with Crippen LogP contribution in [0.25, 0.3) is 5.70 Å². The van der Waals surface area contributed by atoms with Crippen LogP contribution in [-0.4, -0.2) is 43.7 Å². The molecule has 1 aliphatic heterocycles. The van der Waals surface area contributed by atoms with E-state index in [1.807, 2.05) is 12.1 Å². The third kappa shape index (κ3) is 3.39. The minimum Gasteiger partial charge on any atom is -0.493 e. The van der Waals surface area contributed by atoms with Crippen LogP contribution in [0.15, 0.2) is 59.3 Å². The Kier molecular flexibility index (Phi) is 5.44. The van der Waals surface area contributed by atoms with Crippen LogP contribution in [-0.2, 0) is 14.3 Å². The van der Waals surface area contributed by atoms with Gasteiger partial charge in [0, 0.05) is 28.3 Å². The summed E-state index contributed by atoms with van der Waals surface area (Å²) in [4.78, 5) is 37.0. The Hall–Kier alpha value is -4.07. The molecule has 8 nitrogen and oxygen atoms in total. The van der Waals surface area contributed by atoms with Gasteiger partial charge in [0.15, 0.2) is 23.9 Å². The summed E-state index contributed by atoms with van der Waals surface area (Å²) >= 11 is 0. The maximum Gasteiger partial charge on any atom is 0.341 e. The topological polar surface area (TPSA) is 111 Å². The number of aliphatic carboxylic acids is 1. The molecule has 0 bridgehead atoms. The number of carboxylic acids is 1. The molecule has 1 atom stereocenters. The number of carbonyl (C=O) groups excluding carboxylic acids is 2. The molecule has 2 aromatic carbocycles. The molecule has 0 fully saturated rings. The second kappa shape index (κ2) is 8.22. The fourth-order valence-corrected chi connectivity index (χ4v) is 4.17. The van der Waals surface area contributed by atoms with Crippen molar-refractivity contribution in [1.82, 2.24) is 5.32 Å². The number of ether oxygens (including phenoxy) is 3. The van der Waals surface area contributed by atoms with E-state index in [0.717, 1.165) is 5.56 Å². The molecule has 1 heterocycles. The third-order valence-electron chi connectivity index (χ3n) is 5.53. The minimum absolute atomic E-state index is 0.174. The summed E-state index contributed by atoms with van der Waals surface area (Å²) in [7, 11) is 2.72. The van der Waals surface area contributed by atoms with E-state index in [1.165, 1.54) is 14.2 Å². The van der Waals surface area contributed by atoms with Gasteiger partial charge in [-0.25, -0.2) is 9.59 Å². The Labute approximate surface area is 184 Å². The van der Waals surface area contributed by atoms with Crippen LogP contribution in [0.4, 0.5) is 0 Å². The molecule has 1 aliphatic carbocycles. The van der Waals surface area contributed by atoms with Crippen LogP contribution in [0.2, 0.25) is 0 Å². The molecule has 0 amide bonds. The lowest BCUT2D eigenvalue weighted by molar-refractivity contribution is -0.139. The summed E-state index contributed by atoms with van der Waals surface area (Å²) in [5.41, 5.74) is 3.93. The Morgan fingerprint density at radius 1 is 1.06 bits per heavy atom. The number of ketones is 1. The van der Waals surface area contributed by atoms with Gasteiger partial charge in [0.25, 0.3) is 0 Å². The van der Waals surface area contributed by atoms with Crippen molar-refractivity contribution in [2.75, 3.05) is 20.8 Å². The zero-order valence-corrected chi connectivity index (χ0v) is 17.7. The Morgan fingerprint density at radius 2 is 1.78 bits per heavy atom. The van der Waals surface area contributed by atoms with E-state index in [9.17, 15) is 14.4 Å². The molecule has 0 saturated heterocycles. The summed E-state index contributed by atoms with van der Waals surface area (Å²) in [6.45, 7) is 1.23. The first-order valence-electron chi connectivity index (χ1n) is 9.84. The molecule has 32 heavy (non-hydrogen) atoms. The number of dihydropyridines is 1. The SMILES string of the molecule is COC(=O)C1=C(C)NC2=C(C(=O)c3ccccc32)[C@H]1c1ccc(OCC(=O)O)c(OC)c1. The number of Topliss-reactive ketones (excluding diaryl/α,β-unsaturated/α-hetero) is 1. The molecular weight excluding hydrogens is 414 g/mol. The zero-order chi connectivity index (χ0) is 23.0. The van der Waals surface area contributed by atoms with Gasteiger partial charge in [-0.05, 0) is 24.6 Å². The Morgan fingerprint density at radius 3 is 2.44 bits per heavy atom. The zero-order valence-electron chi connectivity index (χ0n) is 17.7. The summed E-state index contributed by atoms with van der Waals surface area (Å²) in [5.74, 6) is -2.03. The summed E-state index contributed by atoms with van der Waals surface area (Å²) in [5, 5.41) is 12.1. The van der Waals surface area contributed by atoms with Crippen molar-refractivity contribution in [3.8, 4) is 11.5 Å². The summed E-state index contributed by atoms with van der Waals surface area (Å²) in [6, 6.07) is 12.2. The van der Waals surface area contributed by atoms with E-state index in [-0.39, 0.29) is 17.3 Å². The molecule has 8 heteroatoms. The van der Waals surface area contributed by atoms with Crippen LogP contribution in [0.1, 0.15) is 34.3 Å². The van der Waals surface area contributed by atoms with Gasteiger partial charge in [-0.15, -0.1) is 0 Å². The van der Waals surface area contributed by atoms with E-state index >= 15 is 0 Å². The highest BCUT2D eigenvalue weighted by molar-refractivity contribution is 6.23. The Bertz CT molecular complexity index is 1210. The maximum absolute atomic E-state index is 13.4. The van der Waals surface area contributed by atoms with Crippen LogP contribution in [0, 0.1) is 0 Å². The predicted octanol–water partition coefficient (Wildman–Crippen LogP) is 2.90. The average Bonchev–Trinajstić information content (AvgIpc) is 3.08. The van der Waals surface area contributed by atoms with Crippen LogP contribution in [0.5, 0.6) is 11.5 Å². The number of carbonyl (C=O) groups is 3. The van der Waals surface area contributed by atoms with Crippen LogP contribution >= 0.6 is 0 Å². The van der Waals surface area contributed by atoms with E-state index in [1.54, 1.807) is 37.3 Å². The fourth-order valence-electron chi connectivity index (χ4n) is 4.17. The van der Waals surface area contributed by atoms with Gasteiger partial charge in [-0.3, -0.25) is 4.79 Å². The van der Waals surface area contributed by atoms with Gasteiger partial charge >= 0.3 is 11.9 Å². The van der Waals surface area contributed by atoms with Gasteiger partial charge in [0.2, 0.25) is 0 Å². The van der Waals surface area contributed by atoms with Crippen molar-refractivity contribution >= 4 is 23.4 Å². The van der Waals surface area contributed by atoms with Gasteiger partial charge in [0.1, 0.15) is 0 Å². The van der Waals surface area contributed by atoms with Crippen molar-refractivity contribution < 1.29 is 33.7 Å². The monoisotopic (exact) mass is 435 g/mol. The summed E-state index contributed by atoms with van der Waals surface area (Å²) in [6.07, 6.45) is 0. The molecule has 2 aliphatic rings.